The van der Waals surface area contributed by atoms with Crippen LogP contribution in [0.15, 0.2) is 183 Å². The smallest absolute Gasteiger partial charge is 0.159 e. The number of hydrogen-bond acceptors (Lipinski definition) is 5. The van der Waals surface area contributed by atoms with Crippen molar-refractivity contribution in [3.63, 3.8) is 0 Å². The molecule has 3 heterocycles. The second-order valence-corrected chi connectivity index (χ2v) is 18.5. The Morgan fingerprint density at radius 1 is 0.284 bits per heavy atom. The molecule has 5 heteroatoms. The first-order chi connectivity index (χ1) is 32.6. The lowest BCUT2D eigenvalue weighted by atomic mass is 9.99. The van der Waals surface area contributed by atoms with Crippen LogP contribution < -0.4 is 9.80 Å². The van der Waals surface area contributed by atoms with Crippen LogP contribution in [-0.4, -0.2) is 0 Å². The minimum Gasteiger partial charge on any atom is -0.456 e. The van der Waals surface area contributed by atoms with Crippen molar-refractivity contribution in [2.75, 3.05) is 9.80 Å². The van der Waals surface area contributed by atoms with Crippen molar-refractivity contribution in [2.24, 2.45) is 0 Å². The van der Waals surface area contributed by atoms with E-state index in [4.69, 9.17) is 13.3 Å². The molecule has 67 heavy (non-hydrogen) atoms. The third-order valence-electron chi connectivity index (χ3n) is 14.4. The number of furan rings is 3. The van der Waals surface area contributed by atoms with E-state index in [0.717, 1.165) is 121 Å². The van der Waals surface area contributed by atoms with Gasteiger partial charge in [-0.1, -0.05) is 60.7 Å². The summed E-state index contributed by atoms with van der Waals surface area (Å²) < 4.78 is 20.0. The van der Waals surface area contributed by atoms with Gasteiger partial charge in [0.25, 0.3) is 0 Å². The first kappa shape index (κ1) is 39.1. The number of hydrogen-bond donors (Lipinski definition) is 0. The molecule has 13 aromatic rings. The summed E-state index contributed by atoms with van der Waals surface area (Å²) in [5, 5.41) is 10.9. The zero-order valence-corrected chi connectivity index (χ0v) is 38.3. The molecular weight excluding hydrogens is 821 g/mol. The zero-order valence-electron chi connectivity index (χ0n) is 38.3. The lowest BCUT2D eigenvalue weighted by Crippen LogP contribution is -2.12. The predicted octanol–water partition coefficient (Wildman–Crippen LogP) is 18.5. The van der Waals surface area contributed by atoms with E-state index in [2.05, 4.69) is 209 Å². The van der Waals surface area contributed by atoms with E-state index in [1.54, 1.807) is 0 Å². The van der Waals surface area contributed by atoms with E-state index >= 15 is 0 Å². The Balaban J connectivity index is 0.911. The van der Waals surface area contributed by atoms with Crippen molar-refractivity contribution < 1.29 is 13.3 Å². The molecule has 0 bridgehead atoms. The van der Waals surface area contributed by atoms with Gasteiger partial charge in [0.05, 0.1) is 5.69 Å². The van der Waals surface area contributed by atoms with Gasteiger partial charge in [-0.2, -0.15) is 0 Å². The molecule has 0 unspecified atom stereocenters. The van der Waals surface area contributed by atoms with Gasteiger partial charge >= 0.3 is 0 Å². The van der Waals surface area contributed by atoms with Crippen LogP contribution in [0.1, 0.15) is 33.4 Å². The number of benzene rings is 10. The van der Waals surface area contributed by atoms with Crippen LogP contribution in [0.2, 0.25) is 0 Å². The molecule has 0 fully saturated rings. The van der Waals surface area contributed by atoms with E-state index in [1.807, 2.05) is 12.1 Å². The number of rotatable bonds is 6. The molecule has 0 radical (unpaired) electrons. The minimum atomic E-state index is 0.835. The third kappa shape index (κ3) is 6.15. The van der Waals surface area contributed by atoms with Crippen LogP contribution in [0.5, 0.6) is 0 Å². The maximum atomic E-state index is 6.74. The highest BCUT2D eigenvalue weighted by molar-refractivity contribution is 6.18. The van der Waals surface area contributed by atoms with Gasteiger partial charge in [-0.25, -0.2) is 0 Å². The predicted molar refractivity (Wildman–Crippen MR) is 281 cm³/mol. The maximum Gasteiger partial charge on any atom is 0.159 e. The van der Waals surface area contributed by atoms with Crippen molar-refractivity contribution in [2.45, 2.75) is 41.5 Å². The summed E-state index contributed by atoms with van der Waals surface area (Å²) in [5.74, 6) is 0. The molecule has 0 amide bonds. The Morgan fingerprint density at radius 2 is 0.761 bits per heavy atom. The summed E-state index contributed by atoms with van der Waals surface area (Å²) in [6.45, 7) is 13.2. The molecular formula is C62H46N2O3. The van der Waals surface area contributed by atoms with Gasteiger partial charge in [0.1, 0.15) is 27.9 Å². The van der Waals surface area contributed by atoms with Crippen LogP contribution >= 0.6 is 0 Å². The Kier molecular flexibility index (Phi) is 8.53. The Bertz CT molecular complexity index is 4080. The fourth-order valence-corrected chi connectivity index (χ4v) is 10.4. The molecule has 0 N–H and O–H groups in total. The summed E-state index contributed by atoms with van der Waals surface area (Å²) in [4.78, 5) is 4.68. The maximum absolute atomic E-state index is 6.74. The van der Waals surface area contributed by atoms with Crippen LogP contribution in [0.25, 0.3) is 87.4 Å². The number of fused-ring (bicyclic) bond motifs is 11. The summed E-state index contributed by atoms with van der Waals surface area (Å²) in [6, 6.07) is 61.0. The van der Waals surface area contributed by atoms with Crippen molar-refractivity contribution in [1.82, 2.24) is 0 Å². The van der Waals surface area contributed by atoms with E-state index in [1.165, 1.54) is 33.4 Å². The number of anilines is 6. The monoisotopic (exact) mass is 866 g/mol. The van der Waals surface area contributed by atoms with Gasteiger partial charge in [-0.3, -0.25) is 0 Å². The molecule has 0 atom stereocenters. The summed E-state index contributed by atoms with van der Waals surface area (Å²) in [5.41, 5.74) is 19.3. The molecule has 0 spiro atoms. The van der Waals surface area contributed by atoms with Gasteiger partial charge in [0, 0.05) is 60.8 Å². The Labute approximate surface area is 387 Å². The van der Waals surface area contributed by atoms with Crippen LogP contribution in [0.4, 0.5) is 34.1 Å². The fourth-order valence-electron chi connectivity index (χ4n) is 10.4. The van der Waals surface area contributed by atoms with E-state index in [0.29, 0.717) is 0 Å². The second-order valence-electron chi connectivity index (χ2n) is 18.5. The molecule has 13 rings (SSSR count). The zero-order chi connectivity index (χ0) is 45.2. The second kappa shape index (κ2) is 14.6. The van der Waals surface area contributed by atoms with E-state index in [-0.39, 0.29) is 0 Å². The van der Waals surface area contributed by atoms with Crippen molar-refractivity contribution in [3.8, 4) is 0 Å². The van der Waals surface area contributed by atoms with Crippen molar-refractivity contribution in [1.29, 1.82) is 0 Å². The van der Waals surface area contributed by atoms with Gasteiger partial charge < -0.3 is 23.1 Å². The normalized spacial score (nSPS) is 12.0. The van der Waals surface area contributed by atoms with Gasteiger partial charge in [-0.05, 0) is 206 Å². The van der Waals surface area contributed by atoms with Crippen molar-refractivity contribution >= 4 is 121 Å². The van der Waals surface area contributed by atoms with Crippen LogP contribution in [-0.2, 0) is 0 Å². The molecule has 0 aliphatic rings. The van der Waals surface area contributed by atoms with Crippen molar-refractivity contribution in [3.05, 3.63) is 203 Å². The fraction of sp³-hybridized carbons (Fsp3) is 0.0968. The number of aryl methyl sites for hydroxylation is 4. The van der Waals surface area contributed by atoms with E-state index < -0.39 is 0 Å². The molecule has 0 saturated carbocycles. The molecule has 322 valence electrons. The lowest BCUT2D eigenvalue weighted by Gasteiger charge is -2.28. The highest BCUT2D eigenvalue weighted by atomic mass is 16.3. The van der Waals surface area contributed by atoms with Crippen LogP contribution in [0.3, 0.4) is 0 Å². The molecule has 3 aromatic heterocycles. The summed E-state index contributed by atoms with van der Waals surface area (Å²) in [6.07, 6.45) is 0. The SMILES string of the molecule is Cc1cc(N(c2cc(C)c(C)c(C)c2)c2ccc3cc4c(cc3c2)oc2cc3c(cc24)oc2cc4cc(N(c5ccccc5)c5cccc6c5oc5ccccc56)ccc4cc23)cc(C)c1C. The van der Waals surface area contributed by atoms with Gasteiger partial charge in [0.2, 0.25) is 0 Å². The Hall–Kier alpha value is -8.28. The highest BCUT2D eigenvalue weighted by Gasteiger charge is 2.22. The summed E-state index contributed by atoms with van der Waals surface area (Å²) >= 11 is 0. The molecule has 5 nitrogen and oxygen atoms in total. The molecule has 0 aliphatic carbocycles. The van der Waals surface area contributed by atoms with Gasteiger partial charge in [-0.15, -0.1) is 0 Å². The van der Waals surface area contributed by atoms with E-state index in [9.17, 15) is 0 Å². The molecule has 0 saturated heterocycles. The standard InChI is InChI=1S/C62H46N2O3/c1-35-23-48(24-36(2)39(35)5)63(49-25-37(3)40(6)38(4)26-49)46-21-19-41-29-52-54-33-61-55(34-60(54)65-58(52)31-43(41)27-46)53-30-42-20-22-47(28-44(42)32-59(53)66-61)64(45-13-8-7-9-14-45)56-17-12-16-51-50-15-10-11-18-57(50)67-62(51)56/h7-34H,1-6H3. The highest BCUT2D eigenvalue weighted by Crippen LogP contribution is 2.45. The Morgan fingerprint density at radius 3 is 1.33 bits per heavy atom. The quantitative estimate of drug-likeness (QED) is 0.167. The first-order valence-electron chi connectivity index (χ1n) is 23.0. The first-order valence-corrected chi connectivity index (χ1v) is 23.0. The van der Waals surface area contributed by atoms with Crippen LogP contribution in [0, 0.1) is 41.5 Å². The van der Waals surface area contributed by atoms with Gasteiger partial charge in [0.15, 0.2) is 5.58 Å². The minimum absolute atomic E-state index is 0.835. The average Bonchev–Trinajstić information content (AvgIpc) is 4.01. The molecule has 10 aromatic carbocycles. The topological polar surface area (TPSA) is 45.9 Å². The average molecular weight is 867 g/mol. The number of nitrogens with zero attached hydrogens (tertiary/aromatic N) is 2. The molecule has 0 aliphatic heterocycles. The largest absolute Gasteiger partial charge is 0.456 e. The lowest BCUT2D eigenvalue weighted by molar-refractivity contribution is 0.664. The summed E-state index contributed by atoms with van der Waals surface area (Å²) in [7, 11) is 0. The number of para-hydroxylation sites is 3. The third-order valence-corrected chi connectivity index (χ3v) is 14.4.